The Morgan fingerprint density at radius 3 is 3.14 bits per heavy atom. The fourth-order valence-electron chi connectivity index (χ4n) is 1.90. The van der Waals surface area contributed by atoms with Crippen LogP contribution in [0.1, 0.15) is 12.0 Å². The maximum absolute atomic E-state index is 11.2. The Morgan fingerprint density at radius 2 is 2.43 bits per heavy atom. The van der Waals surface area contributed by atoms with Gasteiger partial charge in [-0.1, -0.05) is 0 Å². The van der Waals surface area contributed by atoms with Crippen LogP contribution in [0.15, 0.2) is 17.5 Å². The highest BCUT2D eigenvalue weighted by molar-refractivity contribution is 6.09. The maximum atomic E-state index is 11.2. The summed E-state index contributed by atoms with van der Waals surface area (Å²) in [5.74, 6) is 0.540. The predicted octanol–water partition coefficient (Wildman–Crippen LogP) is -0.110. The van der Waals surface area contributed by atoms with Crippen LogP contribution in [0, 0.1) is 11.8 Å². The second-order valence-electron chi connectivity index (χ2n) is 3.82. The van der Waals surface area contributed by atoms with Gasteiger partial charge in [0.25, 0.3) is 0 Å². The number of rotatable bonds is 1. The van der Waals surface area contributed by atoms with Gasteiger partial charge in [0, 0.05) is 30.6 Å². The number of hydrogen-bond donors (Lipinski definition) is 1. The summed E-state index contributed by atoms with van der Waals surface area (Å²) in [6, 6.07) is 0. The van der Waals surface area contributed by atoms with Crippen molar-refractivity contribution in [2.45, 2.75) is 6.42 Å². The lowest BCUT2D eigenvalue weighted by Gasteiger charge is -2.09. The summed E-state index contributed by atoms with van der Waals surface area (Å²) in [4.78, 5) is 11.2. The van der Waals surface area contributed by atoms with Gasteiger partial charge in [0.1, 0.15) is 0 Å². The van der Waals surface area contributed by atoms with Crippen molar-refractivity contribution in [3.8, 4) is 0 Å². The van der Waals surface area contributed by atoms with Gasteiger partial charge in [-0.25, -0.2) is 5.43 Å². The van der Waals surface area contributed by atoms with Crippen molar-refractivity contribution in [3.05, 3.63) is 18.0 Å². The van der Waals surface area contributed by atoms with Gasteiger partial charge in [0.15, 0.2) is 0 Å². The molecule has 2 heterocycles. The lowest BCUT2D eigenvalue weighted by molar-refractivity contribution is -0.122. The minimum atomic E-state index is 0.0580. The van der Waals surface area contributed by atoms with E-state index in [1.165, 1.54) is 0 Å². The minimum Gasteiger partial charge on any atom is -0.275 e. The molecule has 0 aromatic carbocycles. The van der Waals surface area contributed by atoms with Crippen LogP contribution in [-0.2, 0) is 11.8 Å². The van der Waals surface area contributed by atoms with Crippen LogP contribution >= 0.6 is 0 Å². The van der Waals surface area contributed by atoms with Crippen LogP contribution in [0.2, 0.25) is 0 Å². The standard InChI is InChI=1S/C9H10N4O/c1-13-4-5(3-10-13)8-6-2-7(6)9(14)12-11-8/h3-4,6-7H,2H2,1H3,(H,12,14)/t6-,7-/m0/s1. The normalized spacial score (nSPS) is 29.2. The lowest BCUT2D eigenvalue weighted by atomic mass is 10.1. The number of hydrogen-bond acceptors (Lipinski definition) is 3. The Labute approximate surface area is 80.8 Å². The number of amides is 1. The average molecular weight is 190 g/mol. The molecule has 0 saturated heterocycles. The first kappa shape index (κ1) is 7.73. The van der Waals surface area contributed by atoms with E-state index in [1.807, 2.05) is 13.2 Å². The van der Waals surface area contributed by atoms with Crippen LogP contribution in [0.25, 0.3) is 0 Å². The zero-order valence-corrected chi connectivity index (χ0v) is 7.77. The summed E-state index contributed by atoms with van der Waals surface area (Å²) in [6.07, 6.45) is 4.64. The summed E-state index contributed by atoms with van der Waals surface area (Å²) in [5, 5.41) is 8.17. The lowest BCUT2D eigenvalue weighted by Crippen LogP contribution is -2.28. The molecule has 1 amide bonds. The second kappa shape index (κ2) is 2.43. The second-order valence-corrected chi connectivity index (χ2v) is 3.82. The van der Waals surface area contributed by atoms with Gasteiger partial charge in [-0.2, -0.15) is 10.2 Å². The zero-order valence-electron chi connectivity index (χ0n) is 7.77. The summed E-state index contributed by atoms with van der Waals surface area (Å²) < 4.78 is 1.74. The molecule has 1 fully saturated rings. The molecular formula is C9H10N4O. The summed E-state index contributed by atoms with van der Waals surface area (Å²) >= 11 is 0. The quantitative estimate of drug-likeness (QED) is 0.671. The summed E-state index contributed by atoms with van der Waals surface area (Å²) in [7, 11) is 1.87. The van der Waals surface area contributed by atoms with Crippen LogP contribution in [-0.4, -0.2) is 21.4 Å². The highest BCUT2D eigenvalue weighted by atomic mass is 16.2. The van der Waals surface area contributed by atoms with E-state index in [9.17, 15) is 4.79 Å². The Balaban J connectivity index is 1.97. The first-order valence-corrected chi connectivity index (χ1v) is 4.62. The Kier molecular flexibility index (Phi) is 1.34. The third kappa shape index (κ3) is 0.982. The van der Waals surface area contributed by atoms with Gasteiger partial charge >= 0.3 is 0 Å². The SMILES string of the molecule is Cn1cc(C2=NNC(=O)[C@H]3C[C@H]23)cn1. The maximum Gasteiger partial charge on any atom is 0.243 e. The molecule has 5 heteroatoms. The molecule has 14 heavy (non-hydrogen) atoms. The van der Waals surface area contributed by atoms with Crippen molar-refractivity contribution in [1.82, 2.24) is 15.2 Å². The summed E-state index contributed by atoms with van der Waals surface area (Å²) in [5.41, 5.74) is 4.53. The van der Waals surface area contributed by atoms with Crippen LogP contribution < -0.4 is 5.43 Å². The van der Waals surface area contributed by atoms with E-state index < -0.39 is 0 Å². The zero-order chi connectivity index (χ0) is 9.71. The molecule has 1 aliphatic carbocycles. The largest absolute Gasteiger partial charge is 0.275 e. The average Bonchev–Trinajstić information content (AvgIpc) is 2.85. The first-order chi connectivity index (χ1) is 6.75. The molecule has 1 aromatic heterocycles. The van der Waals surface area contributed by atoms with Crippen molar-refractivity contribution in [2.24, 2.45) is 24.0 Å². The molecule has 0 bridgehead atoms. The highest BCUT2D eigenvalue weighted by Crippen LogP contribution is 2.43. The molecule has 1 N–H and O–H groups in total. The van der Waals surface area contributed by atoms with Gasteiger partial charge < -0.3 is 0 Å². The molecule has 1 saturated carbocycles. The van der Waals surface area contributed by atoms with Gasteiger partial charge in [-0.15, -0.1) is 0 Å². The van der Waals surface area contributed by atoms with E-state index >= 15 is 0 Å². The first-order valence-electron chi connectivity index (χ1n) is 4.62. The predicted molar refractivity (Wildman–Crippen MR) is 49.5 cm³/mol. The molecule has 5 nitrogen and oxygen atoms in total. The van der Waals surface area contributed by atoms with Gasteiger partial charge in [-0.3, -0.25) is 9.48 Å². The Morgan fingerprint density at radius 1 is 1.57 bits per heavy atom. The Hall–Kier alpha value is -1.65. The molecule has 0 unspecified atom stereocenters. The topological polar surface area (TPSA) is 59.3 Å². The molecule has 2 atom stereocenters. The van der Waals surface area contributed by atoms with E-state index in [1.54, 1.807) is 10.9 Å². The van der Waals surface area contributed by atoms with E-state index in [2.05, 4.69) is 15.6 Å². The number of nitrogens with zero attached hydrogens (tertiary/aromatic N) is 3. The fourth-order valence-corrected chi connectivity index (χ4v) is 1.90. The molecule has 72 valence electrons. The van der Waals surface area contributed by atoms with Crippen molar-refractivity contribution in [3.63, 3.8) is 0 Å². The van der Waals surface area contributed by atoms with Crippen molar-refractivity contribution in [1.29, 1.82) is 0 Å². The van der Waals surface area contributed by atoms with Crippen LogP contribution in [0.3, 0.4) is 0 Å². The minimum absolute atomic E-state index is 0.0580. The van der Waals surface area contributed by atoms with Crippen molar-refractivity contribution < 1.29 is 4.79 Å². The van der Waals surface area contributed by atoms with Crippen molar-refractivity contribution >= 4 is 11.6 Å². The van der Waals surface area contributed by atoms with E-state index in [0.29, 0.717) is 5.92 Å². The molecule has 2 aliphatic rings. The molecular weight excluding hydrogens is 180 g/mol. The van der Waals surface area contributed by atoms with E-state index in [-0.39, 0.29) is 11.8 Å². The molecule has 1 aliphatic heterocycles. The number of aromatic nitrogens is 2. The summed E-state index contributed by atoms with van der Waals surface area (Å²) in [6.45, 7) is 0. The number of aryl methyl sites for hydroxylation is 1. The highest BCUT2D eigenvalue weighted by Gasteiger charge is 2.49. The Bertz CT molecular complexity index is 434. The number of fused-ring (bicyclic) bond motifs is 1. The van der Waals surface area contributed by atoms with Crippen LogP contribution in [0.4, 0.5) is 0 Å². The number of hydrazone groups is 1. The number of carbonyl (C=O) groups is 1. The molecule has 0 radical (unpaired) electrons. The molecule has 3 rings (SSSR count). The fraction of sp³-hybridized carbons (Fsp3) is 0.444. The van der Waals surface area contributed by atoms with Gasteiger partial charge in [0.2, 0.25) is 5.91 Å². The van der Waals surface area contributed by atoms with Crippen molar-refractivity contribution in [2.75, 3.05) is 0 Å². The van der Waals surface area contributed by atoms with E-state index in [0.717, 1.165) is 17.7 Å². The molecule has 0 spiro atoms. The molecule has 1 aromatic rings. The third-order valence-corrected chi connectivity index (χ3v) is 2.77. The monoisotopic (exact) mass is 190 g/mol. The smallest absolute Gasteiger partial charge is 0.243 e. The van der Waals surface area contributed by atoms with Gasteiger partial charge in [0.05, 0.1) is 11.9 Å². The number of carbonyl (C=O) groups excluding carboxylic acids is 1. The van der Waals surface area contributed by atoms with E-state index in [4.69, 9.17) is 0 Å². The van der Waals surface area contributed by atoms with Gasteiger partial charge in [-0.05, 0) is 6.42 Å². The third-order valence-electron chi connectivity index (χ3n) is 2.77. The number of nitrogens with one attached hydrogen (secondary N) is 1. The van der Waals surface area contributed by atoms with Crippen LogP contribution in [0.5, 0.6) is 0 Å².